The molecular formula is C15H24N4O. The Balaban J connectivity index is 1.84. The summed E-state index contributed by atoms with van der Waals surface area (Å²) >= 11 is 0. The van der Waals surface area contributed by atoms with Gasteiger partial charge in [0.1, 0.15) is 0 Å². The topological polar surface area (TPSA) is 61.0 Å². The van der Waals surface area contributed by atoms with E-state index < -0.39 is 0 Å². The molecule has 0 saturated heterocycles. The number of aromatic amines is 1. The molecule has 0 bridgehead atoms. The number of nitrogens with one attached hydrogen (secondary N) is 2. The van der Waals surface area contributed by atoms with Gasteiger partial charge in [0.25, 0.3) is 0 Å². The minimum Gasteiger partial charge on any atom is -0.338 e. The van der Waals surface area contributed by atoms with Crippen molar-refractivity contribution in [3.63, 3.8) is 0 Å². The van der Waals surface area contributed by atoms with Crippen LogP contribution in [-0.2, 0) is 6.42 Å². The number of hydrogen-bond donors (Lipinski definition) is 2. The van der Waals surface area contributed by atoms with Gasteiger partial charge in [0.05, 0.1) is 11.7 Å². The highest BCUT2D eigenvalue weighted by molar-refractivity contribution is 5.75. The van der Waals surface area contributed by atoms with E-state index in [0.29, 0.717) is 19.0 Å². The van der Waals surface area contributed by atoms with Crippen LogP contribution in [0.3, 0.4) is 0 Å². The maximum absolute atomic E-state index is 12.2. The largest absolute Gasteiger partial charge is 0.338 e. The van der Waals surface area contributed by atoms with Gasteiger partial charge in [-0.2, -0.15) is 5.10 Å². The van der Waals surface area contributed by atoms with Crippen molar-refractivity contribution < 1.29 is 4.79 Å². The van der Waals surface area contributed by atoms with Gasteiger partial charge in [-0.05, 0) is 31.7 Å². The van der Waals surface area contributed by atoms with E-state index in [1.54, 1.807) is 0 Å². The molecule has 1 aromatic rings. The van der Waals surface area contributed by atoms with Crippen LogP contribution in [0.4, 0.5) is 4.79 Å². The van der Waals surface area contributed by atoms with Crippen molar-refractivity contribution in [2.75, 3.05) is 13.1 Å². The van der Waals surface area contributed by atoms with Crippen molar-refractivity contribution >= 4 is 6.03 Å². The molecule has 2 rings (SSSR count). The SMILES string of the molecule is Cc1n[nH]c(C)c1CCNC(=O)N1CC=C[C@@H]1C(C)C. The Morgan fingerprint density at radius 2 is 2.30 bits per heavy atom. The Hall–Kier alpha value is -1.78. The lowest BCUT2D eigenvalue weighted by Gasteiger charge is -2.27. The van der Waals surface area contributed by atoms with E-state index in [-0.39, 0.29) is 12.1 Å². The van der Waals surface area contributed by atoms with Crippen LogP contribution < -0.4 is 5.32 Å². The number of carbonyl (C=O) groups is 1. The van der Waals surface area contributed by atoms with Gasteiger partial charge < -0.3 is 10.2 Å². The van der Waals surface area contributed by atoms with Crippen molar-refractivity contribution in [1.82, 2.24) is 20.4 Å². The highest BCUT2D eigenvalue weighted by atomic mass is 16.2. The second-order valence-corrected chi connectivity index (χ2v) is 5.71. The van der Waals surface area contributed by atoms with E-state index in [0.717, 1.165) is 17.8 Å². The summed E-state index contributed by atoms with van der Waals surface area (Å²) in [5.74, 6) is 0.442. The Morgan fingerprint density at radius 1 is 1.55 bits per heavy atom. The molecule has 1 atom stereocenters. The number of aryl methyl sites for hydroxylation is 2. The fourth-order valence-corrected chi connectivity index (χ4v) is 2.68. The van der Waals surface area contributed by atoms with Gasteiger partial charge >= 0.3 is 6.03 Å². The standard InChI is InChI=1S/C15H24N4O/c1-10(2)14-6-5-9-19(14)15(20)16-8-7-13-11(3)17-18-12(13)4/h5-6,10,14H,7-9H2,1-4H3,(H,16,20)(H,17,18)/t14-/m1/s1. The first-order chi connectivity index (χ1) is 9.50. The molecule has 0 spiro atoms. The summed E-state index contributed by atoms with van der Waals surface area (Å²) in [7, 11) is 0. The molecule has 5 nitrogen and oxygen atoms in total. The number of nitrogens with zero attached hydrogens (tertiary/aromatic N) is 2. The highest BCUT2D eigenvalue weighted by Crippen LogP contribution is 2.17. The summed E-state index contributed by atoms with van der Waals surface area (Å²) in [6.07, 6.45) is 5.00. The highest BCUT2D eigenvalue weighted by Gasteiger charge is 2.26. The van der Waals surface area contributed by atoms with Gasteiger partial charge in [0.2, 0.25) is 0 Å². The molecule has 2 heterocycles. The van der Waals surface area contributed by atoms with E-state index in [2.05, 4.69) is 41.5 Å². The van der Waals surface area contributed by atoms with Gasteiger partial charge in [-0.25, -0.2) is 4.79 Å². The quantitative estimate of drug-likeness (QED) is 0.828. The summed E-state index contributed by atoms with van der Waals surface area (Å²) in [5.41, 5.74) is 3.30. The predicted octanol–water partition coefficient (Wildman–Crippen LogP) is 2.18. The van der Waals surface area contributed by atoms with Crippen molar-refractivity contribution in [2.45, 2.75) is 40.2 Å². The first-order valence-electron chi connectivity index (χ1n) is 7.22. The molecule has 110 valence electrons. The summed E-state index contributed by atoms with van der Waals surface area (Å²) in [5, 5.41) is 10.1. The molecule has 0 saturated carbocycles. The summed E-state index contributed by atoms with van der Waals surface area (Å²) in [6.45, 7) is 9.62. The van der Waals surface area contributed by atoms with Gasteiger partial charge in [-0.1, -0.05) is 26.0 Å². The Morgan fingerprint density at radius 3 is 2.90 bits per heavy atom. The van der Waals surface area contributed by atoms with Crippen LogP contribution in [0.1, 0.15) is 30.8 Å². The molecule has 1 aromatic heterocycles. The number of amides is 2. The Kier molecular flexibility index (Phi) is 4.47. The normalized spacial score (nSPS) is 18.1. The molecule has 2 amide bonds. The molecule has 0 aliphatic carbocycles. The maximum Gasteiger partial charge on any atom is 0.318 e. The third kappa shape index (κ3) is 3.03. The van der Waals surface area contributed by atoms with Crippen LogP contribution in [0.25, 0.3) is 0 Å². The first-order valence-corrected chi connectivity index (χ1v) is 7.22. The van der Waals surface area contributed by atoms with Crippen molar-refractivity contribution in [3.8, 4) is 0 Å². The fourth-order valence-electron chi connectivity index (χ4n) is 2.68. The Labute approximate surface area is 120 Å². The van der Waals surface area contributed by atoms with Gasteiger partial charge in [-0.15, -0.1) is 0 Å². The third-order valence-corrected chi connectivity index (χ3v) is 3.87. The van der Waals surface area contributed by atoms with Crippen LogP contribution in [0.15, 0.2) is 12.2 Å². The second kappa shape index (κ2) is 6.11. The predicted molar refractivity (Wildman–Crippen MR) is 79.6 cm³/mol. The third-order valence-electron chi connectivity index (χ3n) is 3.87. The van der Waals surface area contributed by atoms with Crippen LogP contribution in [0, 0.1) is 19.8 Å². The number of carbonyl (C=O) groups excluding carboxylic acids is 1. The number of urea groups is 1. The maximum atomic E-state index is 12.2. The number of H-pyrrole nitrogens is 1. The molecule has 2 N–H and O–H groups in total. The van der Waals surface area contributed by atoms with E-state index in [9.17, 15) is 4.79 Å². The molecule has 0 radical (unpaired) electrons. The van der Waals surface area contributed by atoms with Crippen molar-refractivity contribution in [3.05, 3.63) is 29.1 Å². The van der Waals surface area contributed by atoms with Gasteiger partial charge in [0.15, 0.2) is 0 Å². The minimum atomic E-state index is 0.0208. The van der Waals surface area contributed by atoms with Gasteiger partial charge in [-0.3, -0.25) is 5.10 Å². The van der Waals surface area contributed by atoms with Crippen LogP contribution in [0.2, 0.25) is 0 Å². The Bertz CT molecular complexity index is 484. The van der Waals surface area contributed by atoms with E-state index in [4.69, 9.17) is 0 Å². The summed E-state index contributed by atoms with van der Waals surface area (Å²) in [6, 6.07) is 0.236. The smallest absolute Gasteiger partial charge is 0.318 e. The molecule has 0 unspecified atom stereocenters. The van der Waals surface area contributed by atoms with E-state index in [1.807, 2.05) is 18.7 Å². The second-order valence-electron chi connectivity index (χ2n) is 5.71. The monoisotopic (exact) mass is 276 g/mol. The van der Waals surface area contributed by atoms with Crippen molar-refractivity contribution in [1.29, 1.82) is 0 Å². The van der Waals surface area contributed by atoms with Gasteiger partial charge in [0, 0.05) is 18.8 Å². The zero-order chi connectivity index (χ0) is 14.7. The minimum absolute atomic E-state index is 0.0208. The van der Waals surface area contributed by atoms with Crippen LogP contribution in [-0.4, -0.2) is 40.3 Å². The lowest BCUT2D eigenvalue weighted by molar-refractivity contribution is 0.186. The average Bonchev–Trinajstić information content (AvgIpc) is 2.99. The van der Waals surface area contributed by atoms with E-state index >= 15 is 0 Å². The first kappa shape index (κ1) is 14.6. The molecule has 1 aliphatic rings. The zero-order valence-corrected chi connectivity index (χ0v) is 12.7. The van der Waals surface area contributed by atoms with E-state index in [1.165, 1.54) is 5.56 Å². The molecular weight excluding hydrogens is 252 g/mol. The van der Waals surface area contributed by atoms with Crippen molar-refractivity contribution in [2.24, 2.45) is 5.92 Å². The molecule has 0 fully saturated rings. The fraction of sp³-hybridized carbons (Fsp3) is 0.600. The lowest BCUT2D eigenvalue weighted by Crippen LogP contribution is -2.45. The number of hydrogen-bond acceptors (Lipinski definition) is 2. The number of rotatable bonds is 4. The average molecular weight is 276 g/mol. The molecule has 1 aliphatic heterocycles. The van der Waals surface area contributed by atoms with Crippen LogP contribution >= 0.6 is 0 Å². The van der Waals surface area contributed by atoms with Crippen LogP contribution in [0.5, 0.6) is 0 Å². The number of aromatic nitrogens is 2. The lowest BCUT2D eigenvalue weighted by atomic mass is 10.1. The molecule has 0 aromatic carbocycles. The zero-order valence-electron chi connectivity index (χ0n) is 12.7. The summed E-state index contributed by atoms with van der Waals surface area (Å²) in [4.78, 5) is 14.1. The molecule has 20 heavy (non-hydrogen) atoms. The summed E-state index contributed by atoms with van der Waals surface area (Å²) < 4.78 is 0. The molecule has 5 heteroatoms.